The lowest BCUT2D eigenvalue weighted by Crippen LogP contribution is -2.37. The van der Waals surface area contributed by atoms with Crippen LogP contribution in [0.15, 0.2) is 72.0 Å². The number of halogens is 1. The topological polar surface area (TPSA) is 54.2 Å². The van der Waals surface area contributed by atoms with Gasteiger partial charge in [-0.3, -0.25) is 0 Å². The fourth-order valence-electron chi connectivity index (χ4n) is 2.55. The summed E-state index contributed by atoms with van der Waals surface area (Å²) >= 11 is 0. The van der Waals surface area contributed by atoms with Gasteiger partial charge in [0.05, 0.1) is 12.2 Å². The summed E-state index contributed by atoms with van der Waals surface area (Å²) in [4.78, 5) is 4.59. The standard InChI is InChI=1S/C20H22FN5/c1-2-22-20(24-15-17-8-3-4-10-19(17)21)23-14-16-7-5-9-18(13-16)26-12-6-11-25-26/h3-13H,2,14-15H2,1H3,(H2,22,23,24). The number of guanidine groups is 1. The lowest BCUT2D eigenvalue weighted by Gasteiger charge is -2.12. The lowest BCUT2D eigenvalue weighted by atomic mass is 10.2. The van der Waals surface area contributed by atoms with E-state index in [0.717, 1.165) is 17.8 Å². The van der Waals surface area contributed by atoms with Gasteiger partial charge in [0, 0.05) is 31.0 Å². The van der Waals surface area contributed by atoms with Crippen LogP contribution in [0, 0.1) is 5.82 Å². The number of nitrogens with one attached hydrogen (secondary N) is 2. The Labute approximate surface area is 152 Å². The van der Waals surface area contributed by atoms with Crippen LogP contribution in [0.2, 0.25) is 0 Å². The number of aliphatic imine (C=N–C) groups is 1. The Morgan fingerprint density at radius 2 is 2.00 bits per heavy atom. The summed E-state index contributed by atoms with van der Waals surface area (Å²) in [6.07, 6.45) is 3.66. The van der Waals surface area contributed by atoms with Crippen molar-refractivity contribution in [2.45, 2.75) is 20.0 Å². The maximum absolute atomic E-state index is 13.7. The number of hydrogen-bond donors (Lipinski definition) is 2. The molecule has 3 rings (SSSR count). The average Bonchev–Trinajstić information content (AvgIpc) is 3.20. The molecule has 3 aromatic rings. The van der Waals surface area contributed by atoms with Gasteiger partial charge in [0.15, 0.2) is 5.96 Å². The van der Waals surface area contributed by atoms with E-state index in [2.05, 4.69) is 26.8 Å². The Kier molecular flexibility index (Phi) is 5.98. The highest BCUT2D eigenvalue weighted by Gasteiger charge is 2.03. The molecule has 0 aliphatic carbocycles. The Morgan fingerprint density at radius 1 is 1.12 bits per heavy atom. The maximum atomic E-state index is 13.7. The van der Waals surface area contributed by atoms with Gasteiger partial charge in [-0.2, -0.15) is 5.10 Å². The highest BCUT2D eigenvalue weighted by Crippen LogP contribution is 2.10. The second-order valence-electron chi connectivity index (χ2n) is 5.76. The number of hydrogen-bond acceptors (Lipinski definition) is 2. The summed E-state index contributed by atoms with van der Waals surface area (Å²) in [5.41, 5.74) is 2.67. The highest BCUT2D eigenvalue weighted by molar-refractivity contribution is 5.79. The Hall–Kier alpha value is -3.15. The van der Waals surface area contributed by atoms with Gasteiger partial charge in [0.2, 0.25) is 0 Å². The Morgan fingerprint density at radius 3 is 2.77 bits per heavy atom. The van der Waals surface area contributed by atoms with Crippen LogP contribution in [0.25, 0.3) is 5.69 Å². The fourth-order valence-corrected chi connectivity index (χ4v) is 2.55. The van der Waals surface area contributed by atoms with E-state index >= 15 is 0 Å². The third-order valence-corrected chi connectivity index (χ3v) is 3.85. The largest absolute Gasteiger partial charge is 0.357 e. The van der Waals surface area contributed by atoms with E-state index in [1.54, 1.807) is 18.3 Å². The smallest absolute Gasteiger partial charge is 0.191 e. The molecule has 26 heavy (non-hydrogen) atoms. The van der Waals surface area contributed by atoms with Gasteiger partial charge < -0.3 is 10.6 Å². The molecular formula is C20H22FN5. The average molecular weight is 351 g/mol. The van der Waals surface area contributed by atoms with Crippen molar-refractivity contribution in [3.05, 3.63) is 83.9 Å². The summed E-state index contributed by atoms with van der Waals surface area (Å²) in [6.45, 7) is 3.63. The molecular weight excluding hydrogens is 329 g/mol. The van der Waals surface area contributed by atoms with Crippen molar-refractivity contribution in [3.63, 3.8) is 0 Å². The van der Waals surface area contributed by atoms with Crippen LogP contribution in [0.5, 0.6) is 0 Å². The zero-order valence-electron chi connectivity index (χ0n) is 14.7. The minimum Gasteiger partial charge on any atom is -0.357 e. The van der Waals surface area contributed by atoms with E-state index in [9.17, 15) is 4.39 Å². The first-order valence-corrected chi connectivity index (χ1v) is 8.61. The SMILES string of the molecule is CCNC(=NCc1cccc(-n2cccn2)c1)NCc1ccccc1F. The van der Waals surface area contributed by atoms with E-state index < -0.39 is 0 Å². The van der Waals surface area contributed by atoms with E-state index in [1.165, 1.54) is 6.07 Å². The van der Waals surface area contributed by atoms with Crippen LogP contribution in [0.4, 0.5) is 4.39 Å². The first-order chi connectivity index (χ1) is 12.8. The fraction of sp³-hybridized carbons (Fsp3) is 0.200. The molecule has 1 aromatic heterocycles. The first kappa shape index (κ1) is 17.7. The molecule has 0 unspecified atom stereocenters. The molecule has 0 bridgehead atoms. The molecule has 6 heteroatoms. The summed E-state index contributed by atoms with van der Waals surface area (Å²) in [5.74, 6) is 0.433. The van der Waals surface area contributed by atoms with E-state index in [1.807, 2.05) is 48.1 Å². The summed E-state index contributed by atoms with van der Waals surface area (Å²) in [6, 6.07) is 16.7. The van der Waals surface area contributed by atoms with Crippen molar-refractivity contribution in [2.75, 3.05) is 6.54 Å². The quantitative estimate of drug-likeness (QED) is 0.529. The van der Waals surface area contributed by atoms with Gasteiger partial charge in [0.25, 0.3) is 0 Å². The van der Waals surface area contributed by atoms with Crippen molar-refractivity contribution in [3.8, 4) is 5.69 Å². The minimum absolute atomic E-state index is 0.220. The second-order valence-corrected chi connectivity index (χ2v) is 5.76. The van der Waals surface area contributed by atoms with Crippen LogP contribution in [0.1, 0.15) is 18.1 Å². The third-order valence-electron chi connectivity index (χ3n) is 3.85. The molecule has 0 atom stereocenters. The second kappa shape index (κ2) is 8.80. The summed E-state index contributed by atoms with van der Waals surface area (Å²) in [7, 11) is 0. The van der Waals surface area contributed by atoms with Gasteiger partial charge >= 0.3 is 0 Å². The first-order valence-electron chi connectivity index (χ1n) is 8.61. The van der Waals surface area contributed by atoms with Gasteiger partial charge in [-0.1, -0.05) is 30.3 Å². The highest BCUT2D eigenvalue weighted by atomic mass is 19.1. The number of nitrogens with zero attached hydrogens (tertiary/aromatic N) is 3. The summed E-state index contributed by atoms with van der Waals surface area (Å²) < 4.78 is 15.6. The molecule has 2 N–H and O–H groups in total. The van der Waals surface area contributed by atoms with Gasteiger partial charge in [-0.05, 0) is 36.8 Å². The van der Waals surface area contributed by atoms with Crippen LogP contribution in [-0.4, -0.2) is 22.3 Å². The van der Waals surface area contributed by atoms with Crippen LogP contribution >= 0.6 is 0 Å². The molecule has 0 aliphatic heterocycles. The van der Waals surface area contributed by atoms with Crippen molar-refractivity contribution in [2.24, 2.45) is 4.99 Å². The molecule has 0 radical (unpaired) electrons. The van der Waals surface area contributed by atoms with Crippen LogP contribution < -0.4 is 10.6 Å². The molecule has 0 saturated carbocycles. The molecule has 0 saturated heterocycles. The number of aromatic nitrogens is 2. The minimum atomic E-state index is -0.220. The molecule has 0 fully saturated rings. The Balaban J connectivity index is 1.67. The molecule has 5 nitrogen and oxygen atoms in total. The molecule has 2 aromatic carbocycles. The van der Waals surface area contributed by atoms with E-state index in [-0.39, 0.29) is 5.82 Å². The van der Waals surface area contributed by atoms with Crippen molar-refractivity contribution >= 4 is 5.96 Å². The van der Waals surface area contributed by atoms with Crippen LogP contribution in [0.3, 0.4) is 0 Å². The molecule has 1 heterocycles. The molecule has 0 amide bonds. The zero-order chi connectivity index (χ0) is 18.2. The van der Waals surface area contributed by atoms with E-state index in [0.29, 0.717) is 24.6 Å². The van der Waals surface area contributed by atoms with Crippen molar-refractivity contribution in [1.29, 1.82) is 0 Å². The van der Waals surface area contributed by atoms with Crippen LogP contribution in [-0.2, 0) is 13.1 Å². The van der Waals surface area contributed by atoms with Crippen molar-refractivity contribution < 1.29 is 4.39 Å². The zero-order valence-corrected chi connectivity index (χ0v) is 14.7. The lowest BCUT2D eigenvalue weighted by molar-refractivity contribution is 0.604. The van der Waals surface area contributed by atoms with Gasteiger partial charge in [-0.25, -0.2) is 14.1 Å². The number of rotatable bonds is 6. The molecule has 0 aliphatic rings. The number of benzene rings is 2. The monoisotopic (exact) mass is 351 g/mol. The molecule has 0 spiro atoms. The van der Waals surface area contributed by atoms with E-state index in [4.69, 9.17) is 0 Å². The molecule has 134 valence electrons. The predicted molar refractivity (Wildman–Crippen MR) is 102 cm³/mol. The normalized spacial score (nSPS) is 11.4. The third kappa shape index (κ3) is 4.69. The van der Waals surface area contributed by atoms with Gasteiger partial charge in [0.1, 0.15) is 5.82 Å². The summed E-state index contributed by atoms with van der Waals surface area (Å²) in [5, 5.41) is 10.6. The predicted octanol–water partition coefficient (Wildman–Crippen LogP) is 3.27. The van der Waals surface area contributed by atoms with Crippen molar-refractivity contribution in [1.82, 2.24) is 20.4 Å². The maximum Gasteiger partial charge on any atom is 0.191 e. The van der Waals surface area contributed by atoms with Gasteiger partial charge in [-0.15, -0.1) is 0 Å². The Bertz CT molecular complexity index is 858.